The number of likely N-dealkylation sites (tertiary alicyclic amines) is 3. The van der Waals surface area contributed by atoms with Crippen LogP contribution in [0.15, 0.2) is 40.9 Å². The Bertz CT molecular complexity index is 1320. The molecule has 0 bridgehead atoms. The average molecular weight is 660 g/mol. The highest BCUT2D eigenvalue weighted by molar-refractivity contribution is 9.10. The van der Waals surface area contributed by atoms with Crippen molar-refractivity contribution in [2.24, 2.45) is 17.8 Å². The molecule has 0 spiro atoms. The van der Waals surface area contributed by atoms with Gasteiger partial charge in [-0.05, 0) is 96.4 Å². The second-order valence-corrected chi connectivity index (χ2v) is 13.2. The van der Waals surface area contributed by atoms with E-state index >= 15 is 0 Å². The summed E-state index contributed by atoms with van der Waals surface area (Å²) < 4.78 is 6.11. The molecule has 2 atom stereocenters. The van der Waals surface area contributed by atoms with E-state index in [2.05, 4.69) is 20.8 Å². The molecule has 0 radical (unpaired) electrons. The number of carbonyl (C=O) groups is 3. The lowest BCUT2D eigenvalue weighted by Gasteiger charge is -2.34. The number of aryl methyl sites for hydroxylation is 1. The summed E-state index contributed by atoms with van der Waals surface area (Å²) in [5.74, 6) is 1.72. The van der Waals surface area contributed by atoms with Crippen molar-refractivity contribution in [1.29, 1.82) is 0 Å². The number of amides is 3. The number of rotatable bonds is 8. The number of carbonyl (C=O) groups excluding carboxylic acids is 3. The number of fused-ring (bicyclic) bond motifs is 1. The molecule has 3 saturated heterocycles. The summed E-state index contributed by atoms with van der Waals surface area (Å²) in [7, 11) is 1.61. The molecule has 8 nitrogen and oxygen atoms in total. The fourth-order valence-corrected chi connectivity index (χ4v) is 7.23. The van der Waals surface area contributed by atoms with Crippen LogP contribution in [0.25, 0.3) is 0 Å². The van der Waals surface area contributed by atoms with Gasteiger partial charge in [0.05, 0.1) is 12.7 Å². The first kappa shape index (κ1) is 30.8. The van der Waals surface area contributed by atoms with Gasteiger partial charge in [-0.25, -0.2) is 0 Å². The molecule has 3 amide bonds. The summed E-state index contributed by atoms with van der Waals surface area (Å²) >= 11 is 9.99. The molecular formula is C32H40BrClN4O4. The highest BCUT2D eigenvalue weighted by Crippen LogP contribution is 2.34. The van der Waals surface area contributed by atoms with E-state index in [1.165, 1.54) is 0 Å². The Hall–Kier alpha value is -2.62. The quantitative estimate of drug-likeness (QED) is 0.394. The van der Waals surface area contributed by atoms with Crippen molar-refractivity contribution in [1.82, 2.24) is 14.7 Å². The van der Waals surface area contributed by atoms with E-state index in [0.717, 1.165) is 54.9 Å². The van der Waals surface area contributed by atoms with Gasteiger partial charge >= 0.3 is 0 Å². The average Bonchev–Trinajstić information content (AvgIpc) is 3.56. The van der Waals surface area contributed by atoms with Gasteiger partial charge in [0.25, 0.3) is 5.91 Å². The van der Waals surface area contributed by atoms with Crippen LogP contribution in [0.5, 0.6) is 5.75 Å². The van der Waals surface area contributed by atoms with Crippen molar-refractivity contribution in [3.8, 4) is 5.75 Å². The first-order valence-corrected chi connectivity index (χ1v) is 16.0. The second-order valence-electron chi connectivity index (χ2n) is 11.9. The molecule has 3 fully saturated rings. The highest BCUT2D eigenvalue weighted by Gasteiger charge is 2.42. The second kappa shape index (κ2) is 13.3. The van der Waals surface area contributed by atoms with Crippen LogP contribution in [-0.2, 0) is 9.59 Å². The van der Waals surface area contributed by atoms with Gasteiger partial charge in [0.2, 0.25) is 11.8 Å². The lowest BCUT2D eigenvalue weighted by atomic mass is 9.94. The van der Waals surface area contributed by atoms with Gasteiger partial charge in [-0.2, -0.15) is 0 Å². The minimum absolute atomic E-state index is 0.0433. The van der Waals surface area contributed by atoms with Crippen molar-refractivity contribution in [3.05, 3.63) is 57.0 Å². The molecule has 10 heteroatoms. The number of halogens is 2. The van der Waals surface area contributed by atoms with Gasteiger partial charge < -0.3 is 24.3 Å². The van der Waals surface area contributed by atoms with Crippen LogP contribution in [0.3, 0.4) is 0 Å². The van der Waals surface area contributed by atoms with Gasteiger partial charge in [-0.1, -0.05) is 17.7 Å². The Labute approximate surface area is 262 Å². The Morgan fingerprint density at radius 2 is 1.69 bits per heavy atom. The summed E-state index contributed by atoms with van der Waals surface area (Å²) in [5, 5.41) is 0.657. The third kappa shape index (κ3) is 6.79. The van der Waals surface area contributed by atoms with Gasteiger partial charge in [-0.15, -0.1) is 0 Å². The molecule has 226 valence electrons. The lowest BCUT2D eigenvalue weighted by Crippen LogP contribution is -2.44. The molecule has 0 saturated carbocycles. The molecule has 2 aromatic rings. The van der Waals surface area contributed by atoms with Crippen LogP contribution >= 0.6 is 27.5 Å². The molecule has 3 aliphatic rings. The number of methoxy groups -OCH3 is 1. The normalized spacial score (nSPS) is 21.0. The van der Waals surface area contributed by atoms with E-state index in [4.69, 9.17) is 16.3 Å². The van der Waals surface area contributed by atoms with E-state index in [-0.39, 0.29) is 23.6 Å². The third-order valence-corrected chi connectivity index (χ3v) is 10.2. The van der Waals surface area contributed by atoms with Gasteiger partial charge in [0.15, 0.2) is 0 Å². The zero-order chi connectivity index (χ0) is 30.0. The third-order valence-electron chi connectivity index (χ3n) is 9.13. The van der Waals surface area contributed by atoms with Gasteiger partial charge in [-0.3, -0.25) is 14.4 Å². The molecule has 0 aromatic heterocycles. The summed E-state index contributed by atoms with van der Waals surface area (Å²) in [6.07, 6.45) is 2.22. The summed E-state index contributed by atoms with van der Waals surface area (Å²) in [6.45, 7) is 9.75. The molecule has 3 heterocycles. The Morgan fingerprint density at radius 1 is 1.00 bits per heavy atom. The highest BCUT2D eigenvalue weighted by atomic mass is 79.9. The first-order valence-electron chi connectivity index (χ1n) is 14.8. The molecule has 2 aromatic carbocycles. The fourth-order valence-electron chi connectivity index (χ4n) is 6.63. The van der Waals surface area contributed by atoms with Gasteiger partial charge in [0, 0.05) is 73.8 Å². The number of hydrogen-bond acceptors (Lipinski definition) is 5. The summed E-state index contributed by atoms with van der Waals surface area (Å²) in [5.41, 5.74) is 2.46. The lowest BCUT2D eigenvalue weighted by molar-refractivity contribution is -0.133. The van der Waals surface area contributed by atoms with E-state index in [0.29, 0.717) is 60.6 Å². The maximum absolute atomic E-state index is 13.8. The van der Waals surface area contributed by atoms with Crippen molar-refractivity contribution in [2.45, 2.75) is 33.1 Å². The number of ether oxygens (including phenoxy) is 1. The minimum Gasteiger partial charge on any atom is -0.497 e. The van der Waals surface area contributed by atoms with Crippen LogP contribution in [0, 0.1) is 24.7 Å². The fraction of sp³-hybridized carbons (Fsp3) is 0.531. The summed E-state index contributed by atoms with van der Waals surface area (Å²) in [6, 6.07) is 11.3. The molecule has 0 N–H and O–H groups in total. The van der Waals surface area contributed by atoms with Crippen LogP contribution in [-0.4, -0.2) is 91.9 Å². The predicted molar refractivity (Wildman–Crippen MR) is 168 cm³/mol. The van der Waals surface area contributed by atoms with Crippen LogP contribution in [0.4, 0.5) is 5.69 Å². The predicted octanol–water partition coefficient (Wildman–Crippen LogP) is 5.11. The topological polar surface area (TPSA) is 73.4 Å². The SMILES string of the molecule is COc1ccc(Br)c(C(=O)N2CC3CN(CCCN(C(=O)C4CCN(C(C)=O)CC4)c4ccc(C)c(Cl)c4)CC3C2)c1. The zero-order valence-electron chi connectivity index (χ0n) is 24.7. The van der Waals surface area contributed by atoms with Crippen molar-refractivity contribution >= 4 is 50.9 Å². The minimum atomic E-state index is -0.0973. The van der Waals surface area contributed by atoms with Crippen LogP contribution in [0.1, 0.15) is 42.1 Å². The van der Waals surface area contributed by atoms with Crippen molar-refractivity contribution in [3.63, 3.8) is 0 Å². The molecule has 5 rings (SSSR count). The smallest absolute Gasteiger partial charge is 0.255 e. The molecular weight excluding hydrogens is 620 g/mol. The van der Waals surface area contributed by atoms with Crippen molar-refractivity contribution in [2.75, 3.05) is 64.4 Å². The number of nitrogens with zero attached hydrogens (tertiary/aromatic N) is 4. The van der Waals surface area contributed by atoms with E-state index in [1.807, 2.05) is 52.0 Å². The Kier molecular flexibility index (Phi) is 9.80. The van der Waals surface area contributed by atoms with E-state index in [1.54, 1.807) is 20.1 Å². The summed E-state index contributed by atoms with van der Waals surface area (Å²) in [4.78, 5) is 47.0. The zero-order valence-corrected chi connectivity index (χ0v) is 27.0. The molecule has 42 heavy (non-hydrogen) atoms. The number of hydrogen-bond donors (Lipinski definition) is 0. The molecule has 3 aliphatic heterocycles. The van der Waals surface area contributed by atoms with Crippen molar-refractivity contribution < 1.29 is 19.1 Å². The largest absolute Gasteiger partial charge is 0.497 e. The van der Waals surface area contributed by atoms with Crippen LogP contribution in [0.2, 0.25) is 5.02 Å². The van der Waals surface area contributed by atoms with Gasteiger partial charge in [0.1, 0.15) is 5.75 Å². The van der Waals surface area contributed by atoms with Crippen LogP contribution < -0.4 is 9.64 Å². The number of benzene rings is 2. The number of piperidine rings is 1. The Balaban J connectivity index is 1.17. The maximum Gasteiger partial charge on any atom is 0.255 e. The maximum atomic E-state index is 13.8. The molecule has 0 aliphatic carbocycles. The molecule has 2 unspecified atom stereocenters. The van der Waals surface area contributed by atoms with E-state index in [9.17, 15) is 14.4 Å². The Morgan fingerprint density at radius 3 is 2.31 bits per heavy atom. The number of anilines is 1. The standard InChI is InChI=1S/C32H40BrClN4O4/c1-21-5-6-26(15-30(21)34)38(31(40)23-9-13-36(14-10-23)22(2)39)12-4-11-35-17-24-19-37(20-25(24)18-35)32(41)28-16-27(42-3)7-8-29(28)33/h5-8,15-16,23-25H,4,9-14,17-20H2,1-3H3. The monoisotopic (exact) mass is 658 g/mol. The first-order chi connectivity index (χ1) is 20.1. The van der Waals surface area contributed by atoms with E-state index < -0.39 is 0 Å².